The third-order valence-electron chi connectivity index (χ3n) is 1.13. The van der Waals surface area contributed by atoms with E-state index in [2.05, 4.69) is 5.16 Å². The zero-order chi connectivity index (χ0) is 6.69. The topological polar surface area (TPSA) is 47.6 Å². The molecule has 9 heavy (non-hydrogen) atoms. The van der Waals surface area contributed by atoms with E-state index in [1.54, 1.807) is 0 Å². The lowest BCUT2D eigenvalue weighted by Gasteiger charge is -2.07. The first-order valence-electron chi connectivity index (χ1n) is 2.89. The van der Waals surface area contributed by atoms with E-state index in [0.717, 1.165) is 11.3 Å². The predicted octanol–water partition coefficient (Wildman–Crippen LogP) is 0.278. The van der Waals surface area contributed by atoms with Gasteiger partial charge in [0.15, 0.2) is 0 Å². The van der Waals surface area contributed by atoms with E-state index < -0.39 is 0 Å². The molecule has 0 saturated heterocycles. The zero-order valence-electron chi connectivity index (χ0n) is 5.42. The molecule has 1 aliphatic heterocycles. The van der Waals surface area contributed by atoms with E-state index in [-0.39, 0.29) is 0 Å². The van der Waals surface area contributed by atoms with Crippen molar-refractivity contribution in [3.63, 3.8) is 0 Å². The normalized spacial score (nSPS) is 18.0. The van der Waals surface area contributed by atoms with Gasteiger partial charge in [0.25, 0.3) is 0 Å². The van der Waals surface area contributed by atoms with Crippen molar-refractivity contribution < 1.29 is 4.84 Å². The lowest BCUT2D eigenvalue weighted by atomic mass is 10.2. The fourth-order valence-corrected chi connectivity index (χ4v) is 0.698. The Morgan fingerprint density at radius 2 is 2.67 bits per heavy atom. The van der Waals surface area contributed by atoms with Crippen molar-refractivity contribution in [2.45, 2.75) is 6.92 Å². The van der Waals surface area contributed by atoms with Gasteiger partial charge in [0.05, 0.1) is 5.71 Å². The summed E-state index contributed by atoms with van der Waals surface area (Å²) in [4.78, 5) is 4.82. The molecule has 1 rings (SSSR count). The van der Waals surface area contributed by atoms with E-state index in [0.29, 0.717) is 13.2 Å². The molecule has 2 N–H and O–H groups in total. The Kier molecular flexibility index (Phi) is 1.85. The molecule has 3 nitrogen and oxygen atoms in total. The molecule has 0 amide bonds. The second-order valence-corrected chi connectivity index (χ2v) is 2.01. The Bertz CT molecular complexity index is 160. The summed E-state index contributed by atoms with van der Waals surface area (Å²) in [5.41, 5.74) is 7.35. The van der Waals surface area contributed by atoms with Gasteiger partial charge in [0.2, 0.25) is 0 Å². The van der Waals surface area contributed by atoms with Crippen LogP contribution in [0, 0.1) is 0 Å². The molecule has 0 spiro atoms. The SMILES string of the molecule is CC1=NOCC(CN)=C1. The number of hydrogen-bond acceptors (Lipinski definition) is 3. The molecule has 0 aromatic heterocycles. The minimum Gasteiger partial charge on any atom is -0.391 e. The third kappa shape index (κ3) is 1.54. The monoisotopic (exact) mass is 126 g/mol. The molecular weight excluding hydrogens is 116 g/mol. The van der Waals surface area contributed by atoms with Crippen LogP contribution in [0.3, 0.4) is 0 Å². The van der Waals surface area contributed by atoms with Gasteiger partial charge in [0.1, 0.15) is 6.61 Å². The summed E-state index contributed by atoms with van der Waals surface area (Å²) < 4.78 is 0. The highest BCUT2D eigenvalue weighted by Gasteiger charge is 2.00. The van der Waals surface area contributed by atoms with Gasteiger partial charge in [-0.1, -0.05) is 5.16 Å². The maximum atomic E-state index is 5.36. The van der Waals surface area contributed by atoms with E-state index in [1.165, 1.54) is 0 Å². The van der Waals surface area contributed by atoms with Crippen LogP contribution in [0.4, 0.5) is 0 Å². The van der Waals surface area contributed by atoms with Gasteiger partial charge in [-0.25, -0.2) is 0 Å². The summed E-state index contributed by atoms with van der Waals surface area (Å²) in [6.07, 6.45) is 1.95. The molecule has 50 valence electrons. The highest BCUT2D eigenvalue weighted by molar-refractivity contribution is 5.93. The number of oxime groups is 1. The van der Waals surface area contributed by atoms with Crippen molar-refractivity contribution in [2.24, 2.45) is 10.9 Å². The number of nitrogens with two attached hydrogens (primary N) is 1. The van der Waals surface area contributed by atoms with Crippen LogP contribution in [-0.2, 0) is 4.84 Å². The van der Waals surface area contributed by atoms with Crippen LogP contribution in [0.25, 0.3) is 0 Å². The number of nitrogens with zero attached hydrogens (tertiary/aromatic N) is 1. The summed E-state index contributed by atoms with van der Waals surface area (Å²) in [5.74, 6) is 0. The molecule has 1 aliphatic rings. The Morgan fingerprint density at radius 1 is 1.89 bits per heavy atom. The van der Waals surface area contributed by atoms with Crippen molar-refractivity contribution in [2.75, 3.05) is 13.2 Å². The van der Waals surface area contributed by atoms with Crippen LogP contribution in [0.5, 0.6) is 0 Å². The van der Waals surface area contributed by atoms with Crippen molar-refractivity contribution >= 4 is 5.71 Å². The summed E-state index contributed by atoms with van der Waals surface area (Å²) in [6, 6.07) is 0. The first-order chi connectivity index (χ1) is 4.33. The molecule has 0 saturated carbocycles. The van der Waals surface area contributed by atoms with Crippen LogP contribution in [0.1, 0.15) is 6.92 Å². The maximum absolute atomic E-state index is 5.36. The van der Waals surface area contributed by atoms with Crippen LogP contribution in [-0.4, -0.2) is 18.9 Å². The van der Waals surface area contributed by atoms with Gasteiger partial charge < -0.3 is 10.6 Å². The summed E-state index contributed by atoms with van der Waals surface area (Å²) >= 11 is 0. The lowest BCUT2D eigenvalue weighted by molar-refractivity contribution is 0.163. The smallest absolute Gasteiger partial charge is 0.139 e. The third-order valence-corrected chi connectivity index (χ3v) is 1.13. The largest absolute Gasteiger partial charge is 0.391 e. The molecule has 3 heteroatoms. The van der Waals surface area contributed by atoms with Gasteiger partial charge in [-0.2, -0.15) is 0 Å². The van der Waals surface area contributed by atoms with E-state index in [9.17, 15) is 0 Å². The van der Waals surface area contributed by atoms with Crippen LogP contribution >= 0.6 is 0 Å². The van der Waals surface area contributed by atoms with E-state index >= 15 is 0 Å². The van der Waals surface area contributed by atoms with Crippen molar-refractivity contribution in [3.05, 3.63) is 11.6 Å². The van der Waals surface area contributed by atoms with Gasteiger partial charge >= 0.3 is 0 Å². The molecule has 0 aliphatic carbocycles. The van der Waals surface area contributed by atoms with E-state index in [4.69, 9.17) is 10.6 Å². The predicted molar refractivity (Wildman–Crippen MR) is 36.2 cm³/mol. The zero-order valence-corrected chi connectivity index (χ0v) is 5.42. The highest BCUT2D eigenvalue weighted by atomic mass is 16.6. The number of rotatable bonds is 1. The Morgan fingerprint density at radius 3 is 3.11 bits per heavy atom. The van der Waals surface area contributed by atoms with Crippen LogP contribution in [0.2, 0.25) is 0 Å². The highest BCUT2D eigenvalue weighted by Crippen LogP contribution is 2.00. The molecule has 1 heterocycles. The van der Waals surface area contributed by atoms with Crippen molar-refractivity contribution in [1.29, 1.82) is 0 Å². The molecule has 0 atom stereocenters. The lowest BCUT2D eigenvalue weighted by Crippen LogP contribution is -2.12. The fourth-order valence-electron chi connectivity index (χ4n) is 0.698. The Balaban J connectivity index is 2.63. The summed E-state index contributed by atoms with van der Waals surface area (Å²) in [5, 5.41) is 3.71. The molecule has 0 bridgehead atoms. The second kappa shape index (κ2) is 2.64. The molecule has 0 radical (unpaired) electrons. The number of hydrogen-bond donors (Lipinski definition) is 1. The average molecular weight is 126 g/mol. The van der Waals surface area contributed by atoms with E-state index in [1.807, 2.05) is 13.0 Å². The minimum atomic E-state index is 0.549. The molecule has 0 unspecified atom stereocenters. The Labute approximate surface area is 54.2 Å². The maximum Gasteiger partial charge on any atom is 0.139 e. The summed E-state index contributed by atoms with van der Waals surface area (Å²) in [6.45, 7) is 3.00. The van der Waals surface area contributed by atoms with Crippen LogP contribution in [0.15, 0.2) is 16.8 Å². The van der Waals surface area contributed by atoms with Gasteiger partial charge in [0, 0.05) is 6.54 Å². The van der Waals surface area contributed by atoms with Gasteiger partial charge in [-0.15, -0.1) is 0 Å². The molecule has 0 fully saturated rings. The first-order valence-corrected chi connectivity index (χ1v) is 2.89. The second-order valence-electron chi connectivity index (χ2n) is 2.01. The fraction of sp³-hybridized carbons (Fsp3) is 0.500. The van der Waals surface area contributed by atoms with Gasteiger partial charge in [-0.3, -0.25) is 0 Å². The summed E-state index contributed by atoms with van der Waals surface area (Å²) in [7, 11) is 0. The first kappa shape index (κ1) is 6.29. The van der Waals surface area contributed by atoms with Crippen molar-refractivity contribution in [1.82, 2.24) is 0 Å². The quantitative estimate of drug-likeness (QED) is 0.548. The standard InChI is InChI=1S/C6H10N2O/c1-5-2-6(3-7)4-9-8-5/h2H,3-4,7H2,1H3. The molecular formula is C6H10N2O. The van der Waals surface area contributed by atoms with Crippen molar-refractivity contribution in [3.8, 4) is 0 Å². The van der Waals surface area contributed by atoms with Crippen LogP contribution < -0.4 is 5.73 Å². The molecule has 0 aromatic rings. The number of allylic oxidation sites excluding steroid dienone is 1. The molecule has 0 aromatic carbocycles. The average Bonchev–Trinajstić information content (AvgIpc) is 1.88. The van der Waals surface area contributed by atoms with Gasteiger partial charge in [-0.05, 0) is 18.6 Å². The minimum absolute atomic E-state index is 0.549. The Hall–Kier alpha value is -0.830.